The van der Waals surface area contributed by atoms with Crippen LogP contribution < -0.4 is 5.32 Å². The third-order valence-electron chi connectivity index (χ3n) is 4.45. The fraction of sp³-hybridized carbons (Fsp3) is 0.625. The van der Waals surface area contributed by atoms with Crippen LogP contribution in [0.2, 0.25) is 5.02 Å². The first-order valence-corrected chi connectivity index (χ1v) is 7.60. The third kappa shape index (κ3) is 3.95. The van der Waals surface area contributed by atoms with Gasteiger partial charge in [0.05, 0.1) is 0 Å². The quantitative estimate of drug-likeness (QED) is 0.906. The van der Waals surface area contributed by atoms with E-state index in [1.165, 1.54) is 36.8 Å². The van der Waals surface area contributed by atoms with Gasteiger partial charge >= 0.3 is 0 Å². The van der Waals surface area contributed by atoms with Gasteiger partial charge in [-0.3, -0.25) is 4.90 Å². The van der Waals surface area contributed by atoms with Crippen LogP contribution in [-0.4, -0.2) is 31.1 Å². The molecule has 1 saturated carbocycles. The van der Waals surface area contributed by atoms with Crippen LogP contribution in [0.4, 0.5) is 0 Å². The fourth-order valence-electron chi connectivity index (χ4n) is 3.04. The van der Waals surface area contributed by atoms with Crippen molar-refractivity contribution in [3.05, 3.63) is 34.3 Å². The minimum Gasteiger partial charge on any atom is -0.317 e. The average Bonchev–Trinajstić information content (AvgIpc) is 2.42. The zero-order chi connectivity index (χ0) is 13.8. The highest BCUT2D eigenvalue weighted by Crippen LogP contribution is 2.24. The molecule has 0 saturated heterocycles. The first-order valence-electron chi connectivity index (χ1n) is 7.22. The summed E-state index contributed by atoms with van der Waals surface area (Å²) in [5.41, 5.74) is 2.69. The molecule has 2 nitrogen and oxygen atoms in total. The van der Waals surface area contributed by atoms with Gasteiger partial charge in [-0.1, -0.05) is 17.7 Å². The lowest BCUT2D eigenvalue weighted by Gasteiger charge is -2.34. The number of halogens is 1. The predicted molar refractivity (Wildman–Crippen MR) is 82.8 cm³/mol. The average molecular weight is 281 g/mol. The Bertz CT molecular complexity index is 411. The van der Waals surface area contributed by atoms with Crippen molar-refractivity contribution in [3.8, 4) is 0 Å². The molecule has 0 aliphatic heterocycles. The van der Waals surface area contributed by atoms with E-state index in [2.05, 4.69) is 43.4 Å². The lowest BCUT2D eigenvalue weighted by molar-refractivity contribution is 0.169. The normalized spacial score (nSPS) is 23.8. The molecule has 0 radical (unpaired) electrons. The van der Waals surface area contributed by atoms with Gasteiger partial charge in [0.1, 0.15) is 0 Å². The van der Waals surface area contributed by atoms with Crippen LogP contribution in [0.25, 0.3) is 0 Å². The maximum atomic E-state index is 6.01. The Labute approximate surface area is 122 Å². The Morgan fingerprint density at radius 1 is 1.26 bits per heavy atom. The van der Waals surface area contributed by atoms with Crippen molar-refractivity contribution in [3.63, 3.8) is 0 Å². The predicted octanol–water partition coefficient (Wildman–Crippen LogP) is 3.61. The molecule has 19 heavy (non-hydrogen) atoms. The molecule has 0 atom stereocenters. The third-order valence-corrected chi connectivity index (χ3v) is 4.69. The van der Waals surface area contributed by atoms with Crippen molar-refractivity contribution in [1.82, 2.24) is 10.2 Å². The van der Waals surface area contributed by atoms with E-state index in [4.69, 9.17) is 11.6 Å². The second kappa shape index (κ2) is 6.74. The van der Waals surface area contributed by atoms with Gasteiger partial charge in [0.25, 0.3) is 0 Å². The standard InChI is InChI=1S/C16H25ClN2/c1-12-10-14(17)5-4-13(12)11-19(3)16-8-6-15(18-2)7-9-16/h4-5,10,15-16,18H,6-9,11H2,1-3H3. The highest BCUT2D eigenvalue weighted by molar-refractivity contribution is 6.30. The van der Waals surface area contributed by atoms with Crippen LogP contribution in [0.5, 0.6) is 0 Å². The zero-order valence-corrected chi connectivity index (χ0v) is 13.0. The summed E-state index contributed by atoms with van der Waals surface area (Å²) in [6, 6.07) is 7.66. The molecule has 1 fully saturated rings. The Balaban J connectivity index is 1.92. The van der Waals surface area contributed by atoms with Crippen LogP contribution in [-0.2, 0) is 6.54 Å². The summed E-state index contributed by atoms with van der Waals surface area (Å²) in [6.07, 6.45) is 5.19. The molecule has 1 aliphatic carbocycles. The van der Waals surface area contributed by atoms with Gasteiger partial charge in [0.2, 0.25) is 0 Å². The SMILES string of the molecule is CNC1CCC(N(C)Cc2ccc(Cl)cc2C)CC1. The molecule has 106 valence electrons. The molecule has 1 aliphatic rings. The van der Waals surface area contributed by atoms with E-state index in [0.717, 1.165) is 23.7 Å². The van der Waals surface area contributed by atoms with E-state index >= 15 is 0 Å². The van der Waals surface area contributed by atoms with Gasteiger partial charge in [-0.2, -0.15) is 0 Å². The van der Waals surface area contributed by atoms with Crippen molar-refractivity contribution in [2.75, 3.05) is 14.1 Å². The molecule has 3 heteroatoms. The first kappa shape index (κ1) is 14.8. The molecule has 0 amide bonds. The van der Waals surface area contributed by atoms with Gasteiger partial charge in [-0.05, 0) is 70.0 Å². The Hall–Kier alpha value is -0.570. The van der Waals surface area contributed by atoms with E-state index in [1.54, 1.807) is 0 Å². The van der Waals surface area contributed by atoms with Crippen molar-refractivity contribution < 1.29 is 0 Å². The van der Waals surface area contributed by atoms with E-state index in [-0.39, 0.29) is 0 Å². The summed E-state index contributed by atoms with van der Waals surface area (Å²) in [5, 5.41) is 4.23. The minimum absolute atomic E-state index is 0.722. The van der Waals surface area contributed by atoms with Gasteiger partial charge < -0.3 is 5.32 Å². The molecular weight excluding hydrogens is 256 g/mol. The largest absolute Gasteiger partial charge is 0.317 e. The molecule has 0 unspecified atom stereocenters. The summed E-state index contributed by atoms with van der Waals surface area (Å²) < 4.78 is 0. The topological polar surface area (TPSA) is 15.3 Å². The van der Waals surface area contributed by atoms with E-state index in [0.29, 0.717) is 0 Å². The number of nitrogens with zero attached hydrogens (tertiary/aromatic N) is 1. The molecule has 1 aromatic rings. The van der Waals surface area contributed by atoms with Gasteiger partial charge in [-0.25, -0.2) is 0 Å². The number of nitrogens with one attached hydrogen (secondary N) is 1. The first-order chi connectivity index (χ1) is 9.10. The monoisotopic (exact) mass is 280 g/mol. The van der Waals surface area contributed by atoms with Crippen LogP contribution in [0.3, 0.4) is 0 Å². The van der Waals surface area contributed by atoms with Crippen LogP contribution in [0.15, 0.2) is 18.2 Å². The number of rotatable bonds is 4. The maximum Gasteiger partial charge on any atom is 0.0408 e. The summed E-state index contributed by atoms with van der Waals surface area (Å²) in [5.74, 6) is 0. The van der Waals surface area contributed by atoms with Gasteiger partial charge in [-0.15, -0.1) is 0 Å². The lowest BCUT2D eigenvalue weighted by atomic mass is 9.90. The molecular formula is C16H25ClN2. The summed E-state index contributed by atoms with van der Waals surface area (Å²) in [4.78, 5) is 2.50. The molecule has 0 aromatic heterocycles. The van der Waals surface area contributed by atoms with Crippen molar-refractivity contribution in [2.24, 2.45) is 0 Å². The second-order valence-electron chi connectivity index (χ2n) is 5.78. The summed E-state index contributed by atoms with van der Waals surface area (Å²) in [6.45, 7) is 3.17. The number of hydrogen-bond acceptors (Lipinski definition) is 2. The summed E-state index contributed by atoms with van der Waals surface area (Å²) >= 11 is 6.01. The molecule has 2 rings (SSSR count). The van der Waals surface area contributed by atoms with Crippen LogP contribution in [0, 0.1) is 6.92 Å². The minimum atomic E-state index is 0.722. The van der Waals surface area contributed by atoms with Crippen molar-refractivity contribution in [1.29, 1.82) is 0 Å². The van der Waals surface area contributed by atoms with Gasteiger partial charge in [0, 0.05) is 23.7 Å². The highest BCUT2D eigenvalue weighted by Gasteiger charge is 2.23. The molecule has 0 spiro atoms. The molecule has 0 heterocycles. The van der Waals surface area contributed by atoms with Crippen molar-refractivity contribution >= 4 is 11.6 Å². The smallest absolute Gasteiger partial charge is 0.0408 e. The Kier molecular flexibility index (Phi) is 5.26. The number of hydrogen-bond donors (Lipinski definition) is 1. The molecule has 1 aromatic carbocycles. The fourth-order valence-corrected chi connectivity index (χ4v) is 3.27. The van der Waals surface area contributed by atoms with Crippen molar-refractivity contribution in [2.45, 2.75) is 51.2 Å². The molecule has 1 N–H and O–H groups in total. The summed E-state index contributed by atoms with van der Waals surface area (Å²) in [7, 11) is 4.32. The van der Waals surface area contributed by atoms with Crippen LogP contribution in [0.1, 0.15) is 36.8 Å². The van der Waals surface area contributed by atoms with Crippen LogP contribution >= 0.6 is 11.6 Å². The van der Waals surface area contributed by atoms with E-state index in [9.17, 15) is 0 Å². The number of aryl methyl sites for hydroxylation is 1. The maximum absolute atomic E-state index is 6.01. The number of benzene rings is 1. The van der Waals surface area contributed by atoms with E-state index in [1.807, 2.05) is 6.07 Å². The second-order valence-corrected chi connectivity index (χ2v) is 6.22. The molecule has 0 bridgehead atoms. The Morgan fingerprint density at radius 2 is 1.95 bits per heavy atom. The Morgan fingerprint density at radius 3 is 2.53 bits per heavy atom. The van der Waals surface area contributed by atoms with Gasteiger partial charge in [0.15, 0.2) is 0 Å². The zero-order valence-electron chi connectivity index (χ0n) is 12.2. The van der Waals surface area contributed by atoms with E-state index < -0.39 is 0 Å². The lowest BCUT2D eigenvalue weighted by Crippen LogP contribution is -2.39. The highest BCUT2D eigenvalue weighted by atomic mass is 35.5.